The molecule has 0 aromatic heterocycles. The third-order valence-corrected chi connectivity index (χ3v) is 7.45. The summed E-state index contributed by atoms with van der Waals surface area (Å²) in [6.07, 6.45) is 0.447. The SMILES string of the molecule is CCC(C)(Pc1ccccc1C(C)O)c1cc(OC)ccc1OCc1ccccc1. The molecule has 3 nitrogen and oxygen atoms in total. The van der Waals surface area contributed by atoms with Crippen LogP contribution >= 0.6 is 8.58 Å². The van der Waals surface area contributed by atoms with Crippen LogP contribution in [0.15, 0.2) is 72.8 Å². The summed E-state index contributed by atoms with van der Waals surface area (Å²) in [5.41, 5.74) is 3.27. The first-order valence-corrected chi connectivity index (χ1v) is 11.4. The molecule has 0 saturated heterocycles. The zero-order valence-electron chi connectivity index (χ0n) is 18.2. The van der Waals surface area contributed by atoms with Gasteiger partial charge in [0.15, 0.2) is 0 Å². The average Bonchev–Trinajstić information content (AvgIpc) is 2.78. The lowest BCUT2D eigenvalue weighted by atomic mass is 9.96. The second-order valence-electron chi connectivity index (χ2n) is 7.71. The lowest BCUT2D eigenvalue weighted by Gasteiger charge is -2.32. The number of ether oxygens (including phenoxy) is 2. The van der Waals surface area contributed by atoms with Gasteiger partial charge in [-0.25, -0.2) is 0 Å². The lowest BCUT2D eigenvalue weighted by Crippen LogP contribution is -2.21. The van der Waals surface area contributed by atoms with Gasteiger partial charge in [0.2, 0.25) is 0 Å². The Bertz CT molecular complexity index is 956. The van der Waals surface area contributed by atoms with Gasteiger partial charge < -0.3 is 14.6 Å². The van der Waals surface area contributed by atoms with Crippen LogP contribution in [0.2, 0.25) is 0 Å². The van der Waals surface area contributed by atoms with Gasteiger partial charge in [-0.2, -0.15) is 0 Å². The molecule has 0 aliphatic heterocycles. The fourth-order valence-electron chi connectivity index (χ4n) is 3.55. The summed E-state index contributed by atoms with van der Waals surface area (Å²) in [6, 6.07) is 24.4. The van der Waals surface area contributed by atoms with Crippen LogP contribution in [-0.4, -0.2) is 12.2 Å². The van der Waals surface area contributed by atoms with E-state index >= 15 is 0 Å². The standard InChI is InChI=1S/C26H31O3P/c1-5-26(3,30-25-14-10-9-13-22(25)19(2)27)23-17-21(28-4)15-16-24(23)29-18-20-11-7-6-8-12-20/h6-17,19,27,30H,5,18H2,1-4H3. The molecular formula is C26H31O3P. The molecule has 3 aromatic rings. The molecule has 0 aliphatic carbocycles. The Morgan fingerprint density at radius 3 is 2.37 bits per heavy atom. The average molecular weight is 423 g/mol. The molecule has 3 unspecified atom stereocenters. The molecule has 4 heteroatoms. The molecule has 3 atom stereocenters. The van der Waals surface area contributed by atoms with E-state index < -0.39 is 6.10 Å². The van der Waals surface area contributed by atoms with Crippen LogP contribution in [0.5, 0.6) is 11.5 Å². The van der Waals surface area contributed by atoms with Crippen molar-refractivity contribution < 1.29 is 14.6 Å². The van der Waals surface area contributed by atoms with Crippen molar-refractivity contribution in [2.24, 2.45) is 0 Å². The van der Waals surface area contributed by atoms with Crippen molar-refractivity contribution in [3.8, 4) is 11.5 Å². The van der Waals surface area contributed by atoms with Crippen LogP contribution in [0.1, 0.15) is 50.0 Å². The van der Waals surface area contributed by atoms with Gasteiger partial charge in [0.1, 0.15) is 18.1 Å². The Hall–Kier alpha value is -2.35. The predicted molar refractivity (Wildman–Crippen MR) is 126 cm³/mol. The topological polar surface area (TPSA) is 38.7 Å². The number of aliphatic hydroxyl groups is 1. The minimum Gasteiger partial charge on any atom is -0.497 e. The normalized spacial score (nSPS) is 14.4. The van der Waals surface area contributed by atoms with E-state index in [1.165, 1.54) is 5.30 Å². The Labute approximate surface area is 181 Å². The fraction of sp³-hybridized carbons (Fsp3) is 0.308. The Kier molecular flexibility index (Phi) is 7.53. The zero-order chi connectivity index (χ0) is 21.6. The van der Waals surface area contributed by atoms with Gasteiger partial charge in [0.05, 0.1) is 13.2 Å². The van der Waals surface area contributed by atoms with E-state index in [4.69, 9.17) is 9.47 Å². The van der Waals surface area contributed by atoms with E-state index in [2.05, 4.69) is 38.1 Å². The van der Waals surface area contributed by atoms with E-state index in [9.17, 15) is 5.11 Å². The summed E-state index contributed by atoms with van der Waals surface area (Å²) in [5, 5.41) is 11.3. The maximum absolute atomic E-state index is 10.3. The van der Waals surface area contributed by atoms with Gasteiger partial charge in [0, 0.05) is 10.7 Å². The van der Waals surface area contributed by atoms with Gasteiger partial charge >= 0.3 is 0 Å². The Morgan fingerprint density at radius 2 is 1.70 bits per heavy atom. The second kappa shape index (κ2) is 10.1. The number of methoxy groups -OCH3 is 1. The number of aliphatic hydroxyl groups excluding tert-OH is 1. The predicted octanol–water partition coefficient (Wildman–Crippen LogP) is 5.96. The molecule has 0 aliphatic rings. The molecule has 0 spiro atoms. The number of rotatable bonds is 9. The van der Waals surface area contributed by atoms with Crippen molar-refractivity contribution in [1.82, 2.24) is 0 Å². The van der Waals surface area contributed by atoms with E-state index in [-0.39, 0.29) is 5.16 Å². The van der Waals surface area contributed by atoms with Crippen LogP contribution < -0.4 is 14.8 Å². The largest absolute Gasteiger partial charge is 0.497 e. The molecule has 0 radical (unpaired) electrons. The van der Waals surface area contributed by atoms with Crippen molar-refractivity contribution in [1.29, 1.82) is 0 Å². The minimum atomic E-state index is -0.492. The van der Waals surface area contributed by atoms with E-state index in [1.54, 1.807) is 7.11 Å². The smallest absolute Gasteiger partial charge is 0.124 e. The molecule has 0 amide bonds. The lowest BCUT2D eigenvalue weighted by molar-refractivity contribution is 0.200. The number of hydrogen-bond acceptors (Lipinski definition) is 3. The summed E-state index contributed by atoms with van der Waals surface area (Å²) >= 11 is 0. The van der Waals surface area contributed by atoms with Crippen LogP contribution in [0.3, 0.4) is 0 Å². The van der Waals surface area contributed by atoms with Gasteiger partial charge in [-0.05, 0) is 48.0 Å². The van der Waals surface area contributed by atoms with Crippen molar-refractivity contribution in [3.05, 3.63) is 89.5 Å². The first-order valence-electron chi connectivity index (χ1n) is 10.4. The minimum absolute atomic E-state index is 0.147. The van der Waals surface area contributed by atoms with Crippen molar-refractivity contribution >= 4 is 13.9 Å². The molecule has 1 N–H and O–H groups in total. The number of benzene rings is 3. The van der Waals surface area contributed by atoms with Crippen LogP contribution in [-0.2, 0) is 11.8 Å². The molecule has 3 rings (SSSR count). The zero-order valence-corrected chi connectivity index (χ0v) is 19.2. The molecule has 0 fully saturated rings. The highest BCUT2D eigenvalue weighted by Crippen LogP contribution is 2.49. The van der Waals surface area contributed by atoms with Crippen LogP contribution in [0.25, 0.3) is 0 Å². The second-order valence-corrected chi connectivity index (χ2v) is 9.60. The first-order chi connectivity index (χ1) is 14.5. The van der Waals surface area contributed by atoms with E-state index in [1.807, 2.05) is 55.5 Å². The highest BCUT2D eigenvalue weighted by Gasteiger charge is 2.30. The highest BCUT2D eigenvalue weighted by atomic mass is 31.1. The van der Waals surface area contributed by atoms with Gasteiger partial charge in [-0.1, -0.05) is 77.0 Å². The third-order valence-electron chi connectivity index (χ3n) is 5.55. The van der Waals surface area contributed by atoms with Crippen molar-refractivity contribution in [2.75, 3.05) is 7.11 Å². The summed E-state index contributed by atoms with van der Waals surface area (Å²) < 4.78 is 11.8. The Balaban J connectivity index is 1.97. The number of hydrogen-bond donors (Lipinski definition) is 1. The van der Waals surface area contributed by atoms with Gasteiger partial charge in [-0.15, -0.1) is 0 Å². The molecule has 158 valence electrons. The monoisotopic (exact) mass is 422 g/mol. The molecule has 0 bridgehead atoms. The van der Waals surface area contributed by atoms with Crippen molar-refractivity contribution in [2.45, 2.75) is 45.1 Å². The van der Waals surface area contributed by atoms with Crippen LogP contribution in [0.4, 0.5) is 0 Å². The van der Waals surface area contributed by atoms with Crippen molar-refractivity contribution in [3.63, 3.8) is 0 Å². The maximum atomic E-state index is 10.3. The molecule has 0 heterocycles. The molecule has 30 heavy (non-hydrogen) atoms. The van der Waals surface area contributed by atoms with E-state index in [0.717, 1.165) is 34.6 Å². The first kappa shape index (κ1) is 22.3. The maximum Gasteiger partial charge on any atom is 0.124 e. The summed E-state index contributed by atoms with van der Waals surface area (Å²) in [4.78, 5) is 0. The van der Waals surface area contributed by atoms with Gasteiger partial charge in [0.25, 0.3) is 0 Å². The molecular weight excluding hydrogens is 391 g/mol. The summed E-state index contributed by atoms with van der Waals surface area (Å²) in [5.74, 6) is 1.70. The van der Waals surface area contributed by atoms with Gasteiger partial charge in [-0.3, -0.25) is 0 Å². The third kappa shape index (κ3) is 5.22. The fourth-order valence-corrected chi connectivity index (χ4v) is 5.26. The molecule has 0 saturated carbocycles. The summed E-state index contributed by atoms with van der Waals surface area (Å²) in [6.45, 7) is 6.83. The molecule has 3 aromatic carbocycles. The summed E-state index contributed by atoms with van der Waals surface area (Å²) in [7, 11) is 2.18. The quantitative estimate of drug-likeness (QED) is 0.433. The Morgan fingerprint density at radius 1 is 1.00 bits per heavy atom. The highest BCUT2D eigenvalue weighted by molar-refractivity contribution is 7.48. The van der Waals surface area contributed by atoms with Crippen LogP contribution in [0, 0.1) is 0 Å². The van der Waals surface area contributed by atoms with E-state index in [0.29, 0.717) is 15.2 Å².